The van der Waals surface area contributed by atoms with Crippen molar-refractivity contribution in [2.75, 3.05) is 11.1 Å². The SMILES string of the molecule is Nc1cccc(Cl)c1NC(=O)c1ccc(Br)o1. The van der Waals surface area contributed by atoms with E-state index in [2.05, 4.69) is 21.2 Å². The highest BCUT2D eigenvalue weighted by atomic mass is 79.9. The summed E-state index contributed by atoms with van der Waals surface area (Å²) in [7, 11) is 0. The number of para-hydroxylation sites is 1. The number of furan rings is 1. The Morgan fingerprint density at radius 2 is 2.12 bits per heavy atom. The largest absolute Gasteiger partial charge is 0.444 e. The summed E-state index contributed by atoms with van der Waals surface area (Å²) in [4.78, 5) is 11.8. The van der Waals surface area contributed by atoms with Crippen LogP contribution >= 0.6 is 27.5 Å². The molecule has 0 fully saturated rings. The first-order valence-corrected chi connectivity index (χ1v) is 5.85. The molecule has 2 rings (SSSR count). The molecule has 1 heterocycles. The van der Waals surface area contributed by atoms with Gasteiger partial charge in [-0.05, 0) is 40.2 Å². The molecule has 1 aromatic carbocycles. The van der Waals surface area contributed by atoms with Crippen molar-refractivity contribution < 1.29 is 9.21 Å². The van der Waals surface area contributed by atoms with E-state index in [0.29, 0.717) is 21.1 Å². The van der Waals surface area contributed by atoms with E-state index in [1.54, 1.807) is 30.3 Å². The molecule has 0 saturated heterocycles. The Morgan fingerprint density at radius 3 is 2.71 bits per heavy atom. The molecule has 0 bridgehead atoms. The van der Waals surface area contributed by atoms with Crippen LogP contribution in [0.1, 0.15) is 10.6 Å². The van der Waals surface area contributed by atoms with Crippen LogP contribution in [0.15, 0.2) is 39.4 Å². The molecule has 3 N–H and O–H groups in total. The lowest BCUT2D eigenvalue weighted by Gasteiger charge is -2.08. The lowest BCUT2D eigenvalue weighted by Crippen LogP contribution is -2.12. The van der Waals surface area contributed by atoms with Crippen LogP contribution in [0, 0.1) is 0 Å². The Kier molecular flexibility index (Phi) is 3.40. The van der Waals surface area contributed by atoms with Gasteiger partial charge in [0.15, 0.2) is 10.4 Å². The number of anilines is 2. The van der Waals surface area contributed by atoms with Gasteiger partial charge in [0.05, 0.1) is 16.4 Å². The van der Waals surface area contributed by atoms with E-state index >= 15 is 0 Å². The second kappa shape index (κ2) is 4.81. The van der Waals surface area contributed by atoms with Gasteiger partial charge in [0.25, 0.3) is 5.91 Å². The normalized spacial score (nSPS) is 10.2. The maximum absolute atomic E-state index is 11.8. The number of halogens is 2. The highest BCUT2D eigenvalue weighted by Gasteiger charge is 2.13. The van der Waals surface area contributed by atoms with Crippen molar-refractivity contribution in [3.8, 4) is 0 Å². The maximum Gasteiger partial charge on any atom is 0.291 e. The number of carbonyl (C=O) groups excluding carboxylic acids is 1. The minimum Gasteiger partial charge on any atom is -0.444 e. The first kappa shape index (κ1) is 12.0. The number of hydrogen-bond donors (Lipinski definition) is 2. The highest BCUT2D eigenvalue weighted by molar-refractivity contribution is 9.10. The summed E-state index contributed by atoms with van der Waals surface area (Å²) in [6, 6.07) is 8.18. The average molecular weight is 316 g/mol. The standard InChI is InChI=1S/C11H8BrClN2O2/c12-9-5-4-8(17-9)11(16)15-10-6(13)2-1-3-7(10)14/h1-5H,14H2,(H,15,16). The first-order valence-electron chi connectivity index (χ1n) is 4.68. The van der Waals surface area contributed by atoms with Gasteiger partial charge in [0.2, 0.25) is 0 Å². The summed E-state index contributed by atoms with van der Waals surface area (Å²) < 4.78 is 5.60. The minimum absolute atomic E-state index is 0.177. The van der Waals surface area contributed by atoms with E-state index in [9.17, 15) is 4.79 Å². The second-order valence-electron chi connectivity index (χ2n) is 3.26. The van der Waals surface area contributed by atoms with E-state index in [1.807, 2.05) is 0 Å². The molecule has 0 aliphatic rings. The van der Waals surface area contributed by atoms with Gasteiger partial charge in [-0.3, -0.25) is 4.79 Å². The Hall–Kier alpha value is -1.46. The van der Waals surface area contributed by atoms with Gasteiger partial charge in [0.1, 0.15) is 0 Å². The van der Waals surface area contributed by atoms with Crippen LogP contribution in [0.4, 0.5) is 11.4 Å². The van der Waals surface area contributed by atoms with E-state index in [-0.39, 0.29) is 5.76 Å². The Morgan fingerprint density at radius 1 is 1.35 bits per heavy atom. The quantitative estimate of drug-likeness (QED) is 0.833. The lowest BCUT2D eigenvalue weighted by atomic mass is 10.2. The number of nitrogens with one attached hydrogen (secondary N) is 1. The van der Waals surface area contributed by atoms with Gasteiger partial charge in [0, 0.05) is 0 Å². The van der Waals surface area contributed by atoms with Crippen LogP contribution in [0.25, 0.3) is 0 Å². The molecule has 0 unspecified atom stereocenters. The van der Waals surface area contributed by atoms with E-state index in [0.717, 1.165) is 0 Å². The zero-order valence-corrected chi connectivity index (χ0v) is 10.9. The van der Waals surface area contributed by atoms with Crippen molar-refractivity contribution in [3.05, 3.63) is 45.8 Å². The second-order valence-corrected chi connectivity index (χ2v) is 4.45. The predicted molar refractivity (Wildman–Crippen MR) is 70.2 cm³/mol. The van der Waals surface area contributed by atoms with Crippen LogP contribution in [0.2, 0.25) is 5.02 Å². The Balaban J connectivity index is 2.24. The fourth-order valence-corrected chi connectivity index (χ4v) is 1.82. The zero-order chi connectivity index (χ0) is 12.4. The summed E-state index contributed by atoms with van der Waals surface area (Å²) in [6.07, 6.45) is 0. The number of carbonyl (C=O) groups is 1. The molecule has 88 valence electrons. The molecule has 0 aliphatic carbocycles. The van der Waals surface area contributed by atoms with Crippen LogP contribution in [-0.2, 0) is 0 Å². The average Bonchev–Trinajstić information content (AvgIpc) is 2.70. The topological polar surface area (TPSA) is 68.3 Å². The molecule has 0 atom stereocenters. The third kappa shape index (κ3) is 2.62. The van der Waals surface area contributed by atoms with Gasteiger partial charge in [-0.2, -0.15) is 0 Å². The van der Waals surface area contributed by atoms with Gasteiger partial charge < -0.3 is 15.5 Å². The summed E-state index contributed by atoms with van der Waals surface area (Å²) in [6.45, 7) is 0. The van der Waals surface area contributed by atoms with Gasteiger partial charge >= 0.3 is 0 Å². The third-order valence-electron chi connectivity index (χ3n) is 2.08. The molecule has 0 aliphatic heterocycles. The Labute approximate surface area is 111 Å². The van der Waals surface area contributed by atoms with Crippen molar-refractivity contribution >= 4 is 44.8 Å². The van der Waals surface area contributed by atoms with Crippen LogP contribution < -0.4 is 11.1 Å². The summed E-state index contributed by atoms with van der Waals surface area (Å²) >= 11 is 9.05. The van der Waals surface area contributed by atoms with Crippen molar-refractivity contribution in [1.82, 2.24) is 0 Å². The molecule has 17 heavy (non-hydrogen) atoms. The molecule has 2 aromatic rings. The minimum atomic E-state index is -0.407. The molecular formula is C11H8BrClN2O2. The van der Waals surface area contributed by atoms with Crippen LogP contribution in [0.3, 0.4) is 0 Å². The third-order valence-corrected chi connectivity index (χ3v) is 2.82. The summed E-state index contributed by atoms with van der Waals surface area (Å²) in [5.74, 6) is -0.230. The van der Waals surface area contributed by atoms with E-state index in [1.165, 1.54) is 0 Å². The van der Waals surface area contributed by atoms with E-state index in [4.69, 9.17) is 21.8 Å². The van der Waals surface area contributed by atoms with Gasteiger partial charge in [-0.15, -0.1) is 0 Å². The van der Waals surface area contributed by atoms with Gasteiger partial charge in [-0.25, -0.2) is 0 Å². The van der Waals surface area contributed by atoms with Crippen molar-refractivity contribution in [2.45, 2.75) is 0 Å². The molecular weight excluding hydrogens is 307 g/mol. The number of rotatable bonds is 2. The molecule has 1 amide bonds. The smallest absolute Gasteiger partial charge is 0.291 e. The van der Waals surface area contributed by atoms with Crippen LogP contribution in [-0.4, -0.2) is 5.91 Å². The monoisotopic (exact) mass is 314 g/mol. The molecule has 0 radical (unpaired) electrons. The first-order chi connectivity index (χ1) is 8.08. The summed E-state index contributed by atoms with van der Waals surface area (Å²) in [5.41, 5.74) is 6.49. The van der Waals surface area contributed by atoms with Crippen molar-refractivity contribution in [2.24, 2.45) is 0 Å². The number of hydrogen-bond acceptors (Lipinski definition) is 3. The van der Waals surface area contributed by atoms with Gasteiger partial charge in [-0.1, -0.05) is 17.7 Å². The summed E-state index contributed by atoms with van der Waals surface area (Å²) in [5, 5.41) is 2.98. The zero-order valence-electron chi connectivity index (χ0n) is 8.54. The van der Waals surface area contributed by atoms with Crippen molar-refractivity contribution in [1.29, 1.82) is 0 Å². The predicted octanol–water partition coefficient (Wildman–Crippen LogP) is 3.53. The molecule has 4 nitrogen and oxygen atoms in total. The Bertz CT molecular complexity index is 548. The lowest BCUT2D eigenvalue weighted by molar-refractivity contribution is 0.0995. The number of benzene rings is 1. The van der Waals surface area contributed by atoms with Crippen LogP contribution in [0.5, 0.6) is 0 Å². The number of amides is 1. The fourth-order valence-electron chi connectivity index (χ4n) is 1.28. The van der Waals surface area contributed by atoms with Crippen molar-refractivity contribution in [3.63, 3.8) is 0 Å². The number of nitrogen functional groups attached to an aromatic ring is 1. The fraction of sp³-hybridized carbons (Fsp3) is 0. The molecule has 0 spiro atoms. The number of nitrogens with two attached hydrogens (primary N) is 1. The van der Waals surface area contributed by atoms with E-state index < -0.39 is 5.91 Å². The highest BCUT2D eigenvalue weighted by Crippen LogP contribution is 2.28. The molecule has 6 heteroatoms. The molecule has 1 aromatic heterocycles. The molecule has 0 saturated carbocycles. The maximum atomic E-state index is 11.8.